The molecule has 0 aliphatic carbocycles. The maximum Gasteiger partial charge on any atom is 0.302 e. The number of carbonyl (C=O) groups excluding carboxylic acids is 1. The highest BCUT2D eigenvalue weighted by molar-refractivity contribution is 7.98. The molecule has 0 N–H and O–H groups in total. The number of benzene rings is 2. The molecule has 0 aliphatic heterocycles. The molecule has 0 unspecified atom stereocenters. The van der Waals surface area contributed by atoms with Crippen LogP contribution in [0.15, 0.2) is 70.5 Å². The molecule has 0 bridgehead atoms. The first-order valence-electron chi connectivity index (χ1n) is 8.93. The Hall–Kier alpha value is -4.03. The smallest absolute Gasteiger partial charge is 0.302 e. The van der Waals surface area contributed by atoms with Crippen molar-refractivity contribution < 1.29 is 9.32 Å². The van der Waals surface area contributed by atoms with Gasteiger partial charge >= 0.3 is 5.91 Å². The fourth-order valence-electron chi connectivity index (χ4n) is 3.20. The number of carbonyl (C=O) groups is 1. The van der Waals surface area contributed by atoms with Gasteiger partial charge in [0, 0.05) is 17.2 Å². The molecule has 0 fully saturated rings. The van der Waals surface area contributed by atoms with Crippen LogP contribution < -0.4 is 0 Å². The van der Waals surface area contributed by atoms with E-state index in [4.69, 9.17) is 11.1 Å². The Morgan fingerprint density at radius 1 is 1.10 bits per heavy atom. The highest BCUT2D eigenvalue weighted by atomic mass is 32.2. The first kappa shape index (κ1) is 18.0. The van der Waals surface area contributed by atoms with Crippen LogP contribution in [-0.4, -0.2) is 30.8 Å². The molecule has 2 aromatic carbocycles. The summed E-state index contributed by atoms with van der Waals surface area (Å²) in [6.07, 6.45) is 1.42. The van der Waals surface area contributed by atoms with Crippen molar-refractivity contribution in [3.63, 3.8) is 0 Å². The zero-order valence-electron chi connectivity index (χ0n) is 15.4. The van der Waals surface area contributed by atoms with Gasteiger partial charge in [0.2, 0.25) is 10.9 Å². The number of para-hydroxylation sites is 2. The summed E-state index contributed by atoms with van der Waals surface area (Å²) in [7, 11) is 0. The predicted molar refractivity (Wildman–Crippen MR) is 111 cm³/mol. The van der Waals surface area contributed by atoms with E-state index in [1.54, 1.807) is 6.07 Å². The molecule has 0 radical (unpaired) electrons. The van der Waals surface area contributed by atoms with Gasteiger partial charge in [0.15, 0.2) is 11.3 Å². The van der Waals surface area contributed by atoms with Crippen LogP contribution in [-0.2, 0) is 5.75 Å². The van der Waals surface area contributed by atoms with Crippen molar-refractivity contribution in [2.75, 3.05) is 0 Å². The second-order valence-electron chi connectivity index (χ2n) is 6.33. The molecule has 5 aromatic rings. The van der Waals surface area contributed by atoms with Gasteiger partial charge in [0.1, 0.15) is 5.52 Å². The van der Waals surface area contributed by atoms with E-state index in [2.05, 4.69) is 25.2 Å². The molecule has 0 saturated carbocycles. The van der Waals surface area contributed by atoms with Crippen LogP contribution in [0.1, 0.15) is 16.1 Å². The fraction of sp³-hybridized carbons (Fsp3) is 0.0476. The maximum atomic E-state index is 13.1. The zero-order chi connectivity index (χ0) is 20.5. The summed E-state index contributed by atoms with van der Waals surface area (Å²) in [5, 5.41) is 13.4. The number of nitrogens with zero attached hydrogens (tertiary/aromatic N) is 6. The monoisotopic (exact) mass is 412 g/mol. The topological polar surface area (TPSA) is 91.1 Å². The molecule has 3 aromatic heterocycles. The summed E-state index contributed by atoms with van der Waals surface area (Å²) in [6, 6.07) is 16.3. The van der Waals surface area contributed by atoms with E-state index in [1.165, 1.54) is 28.6 Å². The molecule has 0 saturated heterocycles. The van der Waals surface area contributed by atoms with Crippen LogP contribution in [0.2, 0.25) is 0 Å². The third-order valence-corrected chi connectivity index (χ3v) is 5.47. The zero-order valence-corrected chi connectivity index (χ0v) is 16.2. The van der Waals surface area contributed by atoms with Gasteiger partial charge in [0.05, 0.1) is 18.3 Å². The third-order valence-electron chi connectivity index (χ3n) is 4.58. The Morgan fingerprint density at radius 2 is 1.93 bits per heavy atom. The fourth-order valence-corrected chi connectivity index (χ4v) is 3.98. The Morgan fingerprint density at radius 3 is 2.77 bits per heavy atom. The van der Waals surface area contributed by atoms with Crippen LogP contribution >= 0.6 is 11.8 Å². The Labute approximate surface area is 174 Å². The molecule has 144 valence electrons. The van der Waals surface area contributed by atoms with Gasteiger partial charge in [-0.05, 0) is 11.6 Å². The lowest BCUT2D eigenvalue weighted by Gasteiger charge is -2.04. The largest absolute Gasteiger partial charge is 0.351 e. The summed E-state index contributed by atoms with van der Waals surface area (Å²) in [5.41, 5.74) is 3.07. The molecule has 8 nitrogen and oxygen atoms in total. The van der Waals surface area contributed by atoms with Crippen molar-refractivity contribution in [1.82, 2.24) is 24.9 Å². The van der Waals surface area contributed by atoms with Crippen molar-refractivity contribution in [3.8, 4) is 0 Å². The maximum absolute atomic E-state index is 13.1. The molecule has 0 spiro atoms. The number of hydrogen-bond acceptors (Lipinski definition) is 7. The van der Waals surface area contributed by atoms with Gasteiger partial charge in [-0.3, -0.25) is 9.36 Å². The SMILES string of the molecule is [C-]#[N+]c1ccccc1CSc1nnc2c3ccccc3n(C(=O)c3ccno3)c2n1. The predicted octanol–water partition coefficient (Wildman–Crippen LogP) is 4.50. The first-order valence-corrected chi connectivity index (χ1v) is 9.92. The van der Waals surface area contributed by atoms with Crippen LogP contribution in [0.25, 0.3) is 26.9 Å². The van der Waals surface area contributed by atoms with Crippen LogP contribution in [0.5, 0.6) is 0 Å². The Bertz CT molecular complexity index is 1440. The second-order valence-corrected chi connectivity index (χ2v) is 7.27. The van der Waals surface area contributed by atoms with Crippen molar-refractivity contribution in [2.24, 2.45) is 0 Å². The molecule has 0 amide bonds. The number of rotatable bonds is 4. The van der Waals surface area contributed by atoms with Crippen molar-refractivity contribution in [1.29, 1.82) is 0 Å². The van der Waals surface area contributed by atoms with Crippen molar-refractivity contribution in [3.05, 3.63) is 83.5 Å². The minimum absolute atomic E-state index is 0.108. The highest BCUT2D eigenvalue weighted by Gasteiger charge is 2.22. The van der Waals surface area contributed by atoms with Crippen LogP contribution in [0, 0.1) is 6.57 Å². The lowest BCUT2D eigenvalue weighted by atomic mass is 10.2. The quantitative estimate of drug-likeness (QED) is 0.317. The minimum Gasteiger partial charge on any atom is -0.351 e. The lowest BCUT2D eigenvalue weighted by Crippen LogP contribution is -2.12. The summed E-state index contributed by atoms with van der Waals surface area (Å²) in [6.45, 7) is 7.30. The summed E-state index contributed by atoms with van der Waals surface area (Å²) < 4.78 is 6.53. The summed E-state index contributed by atoms with van der Waals surface area (Å²) in [4.78, 5) is 21.2. The van der Waals surface area contributed by atoms with Gasteiger partial charge in [-0.2, -0.15) is 0 Å². The lowest BCUT2D eigenvalue weighted by molar-refractivity contribution is 0.0932. The average Bonchev–Trinajstić information content (AvgIpc) is 3.44. The number of thioether (sulfide) groups is 1. The molecule has 0 aliphatic rings. The average molecular weight is 412 g/mol. The molecular weight excluding hydrogens is 400 g/mol. The van der Waals surface area contributed by atoms with Gasteiger partial charge in [-0.15, -0.1) is 10.2 Å². The molecule has 30 heavy (non-hydrogen) atoms. The van der Waals surface area contributed by atoms with E-state index in [0.717, 1.165) is 10.9 Å². The minimum atomic E-state index is -0.381. The molecule has 3 heterocycles. The van der Waals surface area contributed by atoms with Gasteiger partial charge in [-0.1, -0.05) is 59.4 Å². The third kappa shape index (κ3) is 3.00. The molecule has 5 rings (SSSR count). The van der Waals surface area contributed by atoms with Crippen LogP contribution in [0.4, 0.5) is 5.69 Å². The normalized spacial score (nSPS) is 11.0. The Kier molecular flexibility index (Phi) is 4.46. The van der Waals surface area contributed by atoms with Gasteiger partial charge < -0.3 is 4.52 Å². The number of fused-ring (bicyclic) bond motifs is 3. The summed E-state index contributed by atoms with van der Waals surface area (Å²) >= 11 is 1.36. The van der Waals surface area contributed by atoms with E-state index < -0.39 is 0 Å². The standard InChI is InChI=1S/C21H12N6O2S/c1-22-15-8-4-2-6-13(15)12-30-21-24-19-18(25-26-21)14-7-3-5-9-16(14)27(19)20(28)17-10-11-23-29-17/h2-11H,12H2. The van der Waals surface area contributed by atoms with Crippen LogP contribution in [0.3, 0.4) is 0 Å². The second kappa shape index (κ2) is 7.42. The van der Waals surface area contributed by atoms with Gasteiger partial charge in [0.25, 0.3) is 0 Å². The molecule has 9 heteroatoms. The van der Waals surface area contributed by atoms with E-state index in [0.29, 0.717) is 33.3 Å². The number of aromatic nitrogens is 5. The van der Waals surface area contributed by atoms with Crippen molar-refractivity contribution in [2.45, 2.75) is 10.9 Å². The van der Waals surface area contributed by atoms with E-state index in [1.807, 2.05) is 42.5 Å². The van der Waals surface area contributed by atoms with Crippen molar-refractivity contribution >= 4 is 45.4 Å². The van der Waals surface area contributed by atoms with E-state index in [9.17, 15) is 4.79 Å². The summed E-state index contributed by atoms with van der Waals surface area (Å²) in [5.74, 6) is 0.243. The number of hydrogen-bond donors (Lipinski definition) is 0. The molecule has 0 atom stereocenters. The highest BCUT2D eigenvalue weighted by Crippen LogP contribution is 2.30. The van der Waals surface area contributed by atoms with Gasteiger partial charge in [-0.25, -0.2) is 9.83 Å². The van der Waals surface area contributed by atoms with E-state index in [-0.39, 0.29) is 11.7 Å². The molecular formula is C21H12N6O2S. The Balaban J connectivity index is 1.60. The van der Waals surface area contributed by atoms with E-state index >= 15 is 0 Å². The first-order chi connectivity index (χ1) is 14.8.